The summed E-state index contributed by atoms with van der Waals surface area (Å²) in [5.41, 5.74) is 1.72. The van der Waals surface area contributed by atoms with E-state index in [0.29, 0.717) is 18.3 Å². The second kappa shape index (κ2) is 9.82. The van der Waals surface area contributed by atoms with Crippen molar-refractivity contribution >= 4 is 47.3 Å². The molecule has 1 aromatic carbocycles. The van der Waals surface area contributed by atoms with Crippen molar-refractivity contribution in [3.63, 3.8) is 0 Å². The summed E-state index contributed by atoms with van der Waals surface area (Å²) in [6.45, 7) is 4.32. The van der Waals surface area contributed by atoms with Gasteiger partial charge in [-0.3, -0.25) is 9.78 Å². The van der Waals surface area contributed by atoms with E-state index < -0.39 is 0 Å². The third-order valence-electron chi connectivity index (χ3n) is 4.52. The summed E-state index contributed by atoms with van der Waals surface area (Å²) in [6, 6.07) is 9.90. The van der Waals surface area contributed by atoms with Crippen molar-refractivity contribution in [3.05, 3.63) is 36.5 Å². The zero-order valence-corrected chi connectivity index (χ0v) is 15.5. The number of carbonyl (C=O) groups is 1. The molecule has 0 aliphatic carbocycles. The van der Waals surface area contributed by atoms with Crippen molar-refractivity contribution in [2.24, 2.45) is 11.8 Å². The predicted molar refractivity (Wildman–Crippen MR) is 104 cm³/mol. The molecular weight excluding hydrogens is 345 g/mol. The Morgan fingerprint density at radius 3 is 2.92 bits per heavy atom. The Bertz CT molecular complexity index is 660. The topological polar surface area (TPSA) is 54.0 Å². The van der Waals surface area contributed by atoms with E-state index in [4.69, 9.17) is 0 Å². The van der Waals surface area contributed by atoms with Crippen LogP contribution in [-0.4, -0.2) is 24.0 Å². The van der Waals surface area contributed by atoms with Crippen molar-refractivity contribution < 1.29 is 4.79 Å². The van der Waals surface area contributed by atoms with E-state index in [2.05, 4.69) is 22.5 Å². The number of benzene rings is 1. The number of hydrogen-bond donors (Lipinski definition) is 2. The molecule has 2 aromatic rings. The highest BCUT2D eigenvalue weighted by Crippen LogP contribution is 2.23. The number of para-hydroxylation sites is 1. The third kappa shape index (κ3) is 5.33. The highest BCUT2D eigenvalue weighted by Gasteiger charge is 2.22. The Morgan fingerprint density at radius 2 is 2.17 bits per heavy atom. The molecule has 2 N–H and O–H groups in total. The summed E-state index contributed by atoms with van der Waals surface area (Å²) in [6.07, 6.45) is 4.73. The molecule has 2 atom stereocenters. The van der Waals surface area contributed by atoms with Crippen molar-refractivity contribution in [3.8, 4) is 0 Å². The fraction of sp³-hybridized carbons (Fsp3) is 0.444. The Morgan fingerprint density at radius 1 is 1.38 bits per heavy atom. The van der Waals surface area contributed by atoms with Gasteiger partial charge in [0, 0.05) is 11.8 Å². The second-order valence-corrected chi connectivity index (χ2v) is 6.25. The Labute approximate surface area is 155 Å². The number of amides is 1. The molecule has 2 unspecified atom stereocenters. The normalized spacial score (nSPS) is 18.1. The molecule has 4 nitrogen and oxygen atoms in total. The Hall–Kier alpha value is -1.36. The van der Waals surface area contributed by atoms with Crippen LogP contribution in [-0.2, 0) is 4.79 Å². The lowest BCUT2D eigenvalue weighted by atomic mass is 9.85. The fourth-order valence-electron chi connectivity index (χ4n) is 3.17. The molecule has 24 heavy (non-hydrogen) atoms. The first-order valence-electron chi connectivity index (χ1n) is 8.08. The number of piperidine rings is 1. The maximum atomic E-state index is 12.2. The average Bonchev–Trinajstić information content (AvgIpc) is 2.55. The van der Waals surface area contributed by atoms with Crippen LogP contribution in [0.1, 0.15) is 26.2 Å². The largest absolute Gasteiger partial charge is 0.325 e. The van der Waals surface area contributed by atoms with Gasteiger partial charge in [-0.1, -0.05) is 25.1 Å². The van der Waals surface area contributed by atoms with E-state index in [1.807, 2.05) is 30.3 Å². The molecule has 2 heterocycles. The van der Waals surface area contributed by atoms with E-state index in [-0.39, 0.29) is 30.7 Å². The van der Waals surface area contributed by atoms with Gasteiger partial charge in [0.1, 0.15) is 0 Å². The number of hydrogen-bond acceptors (Lipinski definition) is 3. The molecular formula is C18H25Cl2N3O. The van der Waals surface area contributed by atoms with E-state index in [1.165, 1.54) is 12.8 Å². The smallest absolute Gasteiger partial charge is 0.224 e. The first kappa shape index (κ1) is 20.7. The number of aromatic nitrogens is 1. The molecule has 3 rings (SSSR count). The molecule has 0 bridgehead atoms. The molecule has 6 heteroatoms. The van der Waals surface area contributed by atoms with Gasteiger partial charge in [-0.05, 0) is 49.9 Å². The minimum atomic E-state index is 0. The van der Waals surface area contributed by atoms with E-state index >= 15 is 0 Å². The molecule has 0 spiro atoms. The van der Waals surface area contributed by atoms with Crippen LogP contribution in [0.2, 0.25) is 0 Å². The zero-order chi connectivity index (χ0) is 15.4. The standard InChI is InChI=1S/C18H23N3O.2ClH/c1-13(15-6-4-8-19-11-15)9-18(22)21-16-10-14-5-2-3-7-17(14)20-12-16;;/h2-3,5,7,10,12-13,15,19H,4,6,8-9,11H2,1H3,(H,21,22);2*1H. The molecule has 0 saturated carbocycles. The minimum Gasteiger partial charge on any atom is -0.325 e. The summed E-state index contributed by atoms with van der Waals surface area (Å²) in [5, 5.41) is 7.45. The number of rotatable bonds is 4. The number of anilines is 1. The lowest BCUT2D eigenvalue weighted by molar-refractivity contribution is -0.117. The summed E-state index contributed by atoms with van der Waals surface area (Å²) < 4.78 is 0. The monoisotopic (exact) mass is 369 g/mol. The van der Waals surface area contributed by atoms with Crippen LogP contribution in [0.5, 0.6) is 0 Å². The number of nitrogens with one attached hydrogen (secondary N) is 2. The highest BCUT2D eigenvalue weighted by atomic mass is 35.5. The van der Waals surface area contributed by atoms with Crippen LogP contribution < -0.4 is 10.6 Å². The number of pyridine rings is 1. The van der Waals surface area contributed by atoms with Crippen LogP contribution >= 0.6 is 24.8 Å². The summed E-state index contributed by atoms with van der Waals surface area (Å²) >= 11 is 0. The average molecular weight is 370 g/mol. The van der Waals surface area contributed by atoms with Crippen LogP contribution in [0.3, 0.4) is 0 Å². The van der Waals surface area contributed by atoms with Crippen LogP contribution in [0.25, 0.3) is 10.9 Å². The van der Waals surface area contributed by atoms with Gasteiger partial charge in [-0.25, -0.2) is 0 Å². The molecule has 132 valence electrons. The van der Waals surface area contributed by atoms with Gasteiger partial charge in [0.15, 0.2) is 0 Å². The summed E-state index contributed by atoms with van der Waals surface area (Å²) in [5.74, 6) is 1.09. The van der Waals surface area contributed by atoms with Crippen LogP contribution in [0.15, 0.2) is 36.5 Å². The highest BCUT2D eigenvalue weighted by molar-refractivity contribution is 5.93. The van der Waals surface area contributed by atoms with E-state index in [0.717, 1.165) is 29.7 Å². The number of carbonyl (C=O) groups excluding carboxylic acids is 1. The third-order valence-corrected chi connectivity index (χ3v) is 4.52. The van der Waals surface area contributed by atoms with Crippen LogP contribution in [0, 0.1) is 11.8 Å². The van der Waals surface area contributed by atoms with Gasteiger partial charge in [-0.2, -0.15) is 0 Å². The van der Waals surface area contributed by atoms with Gasteiger partial charge < -0.3 is 10.6 Å². The van der Waals surface area contributed by atoms with Gasteiger partial charge in [0.25, 0.3) is 0 Å². The van der Waals surface area contributed by atoms with Gasteiger partial charge in [0.05, 0.1) is 17.4 Å². The van der Waals surface area contributed by atoms with Crippen LogP contribution in [0.4, 0.5) is 5.69 Å². The quantitative estimate of drug-likeness (QED) is 0.854. The fourth-order valence-corrected chi connectivity index (χ4v) is 3.17. The van der Waals surface area contributed by atoms with Crippen molar-refractivity contribution in [2.75, 3.05) is 18.4 Å². The lowest BCUT2D eigenvalue weighted by Crippen LogP contribution is -2.34. The molecule has 1 aliphatic rings. The number of halogens is 2. The maximum Gasteiger partial charge on any atom is 0.224 e. The van der Waals surface area contributed by atoms with Crippen molar-refractivity contribution in [2.45, 2.75) is 26.2 Å². The lowest BCUT2D eigenvalue weighted by Gasteiger charge is -2.28. The maximum absolute atomic E-state index is 12.2. The van der Waals surface area contributed by atoms with Gasteiger partial charge in [-0.15, -0.1) is 24.8 Å². The van der Waals surface area contributed by atoms with Gasteiger partial charge in [0.2, 0.25) is 5.91 Å². The number of nitrogens with zero attached hydrogens (tertiary/aromatic N) is 1. The van der Waals surface area contributed by atoms with E-state index in [9.17, 15) is 4.79 Å². The van der Waals surface area contributed by atoms with E-state index in [1.54, 1.807) is 6.20 Å². The molecule has 1 saturated heterocycles. The second-order valence-electron chi connectivity index (χ2n) is 6.25. The van der Waals surface area contributed by atoms with Crippen molar-refractivity contribution in [1.29, 1.82) is 0 Å². The molecule has 1 aliphatic heterocycles. The Balaban J connectivity index is 0.00000144. The molecule has 1 aromatic heterocycles. The number of fused-ring (bicyclic) bond motifs is 1. The van der Waals surface area contributed by atoms with Crippen molar-refractivity contribution in [1.82, 2.24) is 10.3 Å². The molecule has 1 fully saturated rings. The summed E-state index contributed by atoms with van der Waals surface area (Å²) in [4.78, 5) is 16.6. The predicted octanol–water partition coefficient (Wildman–Crippen LogP) is 4.04. The Kier molecular flexibility index (Phi) is 8.46. The minimum absolute atomic E-state index is 0. The summed E-state index contributed by atoms with van der Waals surface area (Å²) in [7, 11) is 0. The zero-order valence-electron chi connectivity index (χ0n) is 13.8. The molecule has 0 radical (unpaired) electrons. The first-order valence-corrected chi connectivity index (χ1v) is 8.08. The first-order chi connectivity index (χ1) is 10.7. The SMILES string of the molecule is CC(CC(=O)Nc1cnc2ccccc2c1)C1CCCNC1.Cl.Cl. The van der Waals surface area contributed by atoms with Gasteiger partial charge >= 0.3 is 0 Å². The molecule has 1 amide bonds.